The van der Waals surface area contributed by atoms with Gasteiger partial charge >= 0.3 is 0 Å². The van der Waals surface area contributed by atoms with Gasteiger partial charge in [0, 0.05) is 19.1 Å². The quantitative estimate of drug-likeness (QED) is 0.833. The Kier molecular flexibility index (Phi) is 4.03. The zero-order valence-corrected chi connectivity index (χ0v) is 12.1. The Morgan fingerprint density at radius 1 is 1.35 bits per heavy atom. The highest BCUT2D eigenvalue weighted by atomic mass is 19.1. The van der Waals surface area contributed by atoms with Gasteiger partial charge in [0.2, 0.25) is 0 Å². The van der Waals surface area contributed by atoms with Gasteiger partial charge in [0.05, 0.1) is 17.9 Å². The third-order valence-corrected chi connectivity index (χ3v) is 4.48. The molecular weight excluding hydrogens is 253 g/mol. The largest absolute Gasteiger partial charge is 0.322 e. The van der Waals surface area contributed by atoms with Gasteiger partial charge in [0.1, 0.15) is 5.82 Å². The van der Waals surface area contributed by atoms with Crippen molar-refractivity contribution in [2.45, 2.75) is 44.7 Å². The van der Waals surface area contributed by atoms with Crippen LogP contribution in [0.2, 0.25) is 0 Å². The number of hydrogen-bond acceptors (Lipinski definition) is 3. The van der Waals surface area contributed by atoms with Crippen LogP contribution in [-0.4, -0.2) is 29.0 Å². The Labute approximate surface area is 120 Å². The number of pyridine rings is 1. The van der Waals surface area contributed by atoms with Gasteiger partial charge in [-0.15, -0.1) is 0 Å². The van der Waals surface area contributed by atoms with Crippen molar-refractivity contribution in [3.05, 3.63) is 29.8 Å². The average Bonchev–Trinajstić information content (AvgIpc) is 3.30. The molecule has 2 aliphatic carbocycles. The summed E-state index contributed by atoms with van der Waals surface area (Å²) in [5, 5.41) is 0. The van der Waals surface area contributed by atoms with Crippen molar-refractivity contribution in [1.29, 1.82) is 0 Å². The standard InChI is InChI=1S/C16H24FN3/c1-11(16(18)15-7-4-13(17)8-19-15)9-20(14-5-6-14)10-12-2-3-12/h4,7-8,11-12,14,16H,2-3,5-6,9-10,18H2,1H3. The first-order valence-corrected chi connectivity index (χ1v) is 7.74. The highest BCUT2D eigenvalue weighted by molar-refractivity contribution is 5.10. The first-order chi connectivity index (χ1) is 9.63. The maximum Gasteiger partial charge on any atom is 0.141 e. The van der Waals surface area contributed by atoms with E-state index in [0.29, 0.717) is 5.92 Å². The van der Waals surface area contributed by atoms with Crippen LogP contribution in [-0.2, 0) is 0 Å². The molecule has 1 aromatic heterocycles. The summed E-state index contributed by atoms with van der Waals surface area (Å²) in [7, 11) is 0. The van der Waals surface area contributed by atoms with Gasteiger partial charge in [-0.25, -0.2) is 4.39 Å². The molecule has 2 saturated carbocycles. The van der Waals surface area contributed by atoms with Crippen LogP contribution in [0.25, 0.3) is 0 Å². The number of hydrogen-bond donors (Lipinski definition) is 1. The van der Waals surface area contributed by atoms with Crippen molar-refractivity contribution in [3.8, 4) is 0 Å². The lowest BCUT2D eigenvalue weighted by Crippen LogP contribution is -2.36. The normalized spacial score (nSPS) is 22.0. The van der Waals surface area contributed by atoms with Gasteiger partial charge in [0.15, 0.2) is 0 Å². The predicted molar refractivity (Wildman–Crippen MR) is 77.6 cm³/mol. The molecular formula is C16H24FN3. The van der Waals surface area contributed by atoms with Gasteiger partial charge in [-0.2, -0.15) is 0 Å². The lowest BCUT2D eigenvalue weighted by Gasteiger charge is -2.28. The molecule has 20 heavy (non-hydrogen) atoms. The fraction of sp³-hybridized carbons (Fsp3) is 0.688. The second-order valence-corrected chi connectivity index (χ2v) is 6.53. The molecule has 0 aromatic carbocycles. The number of aromatic nitrogens is 1. The Hall–Kier alpha value is -1.00. The molecule has 3 nitrogen and oxygen atoms in total. The van der Waals surface area contributed by atoms with E-state index < -0.39 is 0 Å². The van der Waals surface area contributed by atoms with E-state index in [1.807, 2.05) is 0 Å². The highest BCUT2D eigenvalue weighted by Gasteiger charge is 2.35. The molecule has 0 amide bonds. The highest BCUT2D eigenvalue weighted by Crippen LogP contribution is 2.35. The third kappa shape index (κ3) is 3.55. The van der Waals surface area contributed by atoms with Crippen LogP contribution < -0.4 is 5.73 Å². The first-order valence-electron chi connectivity index (χ1n) is 7.74. The van der Waals surface area contributed by atoms with Crippen LogP contribution in [0.1, 0.15) is 44.3 Å². The van der Waals surface area contributed by atoms with E-state index in [0.717, 1.165) is 24.2 Å². The van der Waals surface area contributed by atoms with Crippen LogP contribution in [0.3, 0.4) is 0 Å². The van der Waals surface area contributed by atoms with Crippen molar-refractivity contribution in [2.24, 2.45) is 17.6 Å². The van der Waals surface area contributed by atoms with Crippen LogP contribution in [0.5, 0.6) is 0 Å². The summed E-state index contributed by atoms with van der Waals surface area (Å²) in [6.07, 6.45) is 6.71. The molecule has 3 rings (SSSR count). The summed E-state index contributed by atoms with van der Waals surface area (Å²) in [5.41, 5.74) is 7.08. The molecule has 110 valence electrons. The van der Waals surface area contributed by atoms with Crippen LogP contribution in [0.15, 0.2) is 18.3 Å². The minimum atomic E-state index is -0.304. The van der Waals surface area contributed by atoms with Crippen LogP contribution >= 0.6 is 0 Å². The van der Waals surface area contributed by atoms with E-state index in [1.54, 1.807) is 6.07 Å². The Morgan fingerprint density at radius 2 is 2.10 bits per heavy atom. The number of nitrogens with zero attached hydrogens (tertiary/aromatic N) is 2. The number of halogens is 1. The molecule has 2 unspecified atom stereocenters. The molecule has 2 N–H and O–H groups in total. The monoisotopic (exact) mass is 277 g/mol. The smallest absolute Gasteiger partial charge is 0.141 e. The lowest BCUT2D eigenvalue weighted by atomic mass is 9.98. The summed E-state index contributed by atoms with van der Waals surface area (Å²) < 4.78 is 12.9. The van der Waals surface area contributed by atoms with Crippen molar-refractivity contribution in [3.63, 3.8) is 0 Å². The van der Waals surface area contributed by atoms with E-state index in [2.05, 4.69) is 16.8 Å². The maximum absolute atomic E-state index is 12.9. The SMILES string of the molecule is CC(CN(CC1CC1)C1CC1)C(N)c1ccc(F)cn1. The second kappa shape index (κ2) is 5.78. The summed E-state index contributed by atoms with van der Waals surface area (Å²) in [6, 6.07) is 3.82. The number of rotatable bonds is 7. The van der Waals surface area contributed by atoms with Gasteiger partial charge in [0.25, 0.3) is 0 Å². The molecule has 0 spiro atoms. The topological polar surface area (TPSA) is 42.1 Å². The summed E-state index contributed by atoms with van der Waals surface area (Å²) >= 11 is 0. The lowest BCUT2D eigenvalue weighted by molar-refractivity contribution is 0.204. The minimum Gasteiger partial charge on any atom is -0.322 e. The third-order valence-electron chi connectivity index (χ3n) is 4.48. The van der Waals surface area contributed by atoms with E-state index in [4.69, 9.17) is 5.73 Å². The summed E-state index contributed by atoms with van der Waals surface area (Å²) in [6.45, 7) is 4.44. The van der Waals surface area contributed by atoms with E-state index in [1.165, 1.54) is 44.5 Å². The zero-order chi connectivity index (χ0) is 14.1. The fourth-order valence-corrected chi connectivity index (χ4v) is 2.80. The number of nitrogens with two attached hydrogens (primary N) is 1. The molecule has 1 aromatic rings. The minimum absolute atomic E-state index is 0.115. The van der Waals surface area contributed by atoms with Crippen molar-refractivity contribution >= 4 is 0 Å². The first kappa shape index (κ1) is 14.0. The van der Waals surface area contributed by atoms with Gasteiger partial charge < -0.3 is 5.73 Å². The Balaban J connectivity index is 1.58. The molecule has 0 radical (unpaired) electrons. The van der Waals surface area contributed by atoms with E-state index in [9.17, 15) is 4.39 Å². The fourth-order valence-electron chi connectivity index (χ4n) is 2.80. The van der Waals surface area contributed by atoms with Crippen LogP contribution in [0.4, 0.5) is 4.39 Å². The Morgan fingerprint density at radius 3 is 2.65 bits per heavy atom. The van der Waals surface area contributed by atoms with Gasteiger partial charge in [-0.1, -0.05) is 6.92 Å². The van der Waals surface area contributed by atoms with E-state index >= 15 is 0 Å². The average molecular weight is 277 g/mol. The van der Waals surface area contributed by atoms with Crippen molar-refractivity contribution in [1.82, 2.24) is 9.88 Å². The summed E-state index contributed by atoms with van der Waals surface area (Å²) in [4.78, 5) is 6.74. The Bertz CT molecular complexity index is 440. The molecule has 0 saturated heterocycles. The molecule has 0 aliphatic heterocycles. The van der Waals surface area contributed by atoms with Crippen molar-refractivity contribution < 1.29 is 4.39 Å². The molecule has 0 bridgehead atoms. The molecule has 1 heterocycles. The van der Waals surface area contributed by atoms with Crippen molar-refractivity contribution in [2.75, 3.05) is 13.1 Å². The second-order valence-electron chi connectivity index (χ2n) is 6.53. The predicted octanol–water partition coefficient (Wildman–Crippen LogP) is 2.73. The molecule has 2 atom stereocenters. The van der Waals surface area contributed by atoms with Gasteiger partial charge in [-0.05, 0) is 49.7 Å². The molecule has 2 aliphatic rings. The van der Waals surface area contributed by atoms with Gasteiger partial charge in [-0.3, -0.25) is 9.88 Å². The molecule has 2 fully saturated rings. The zero-order valence-electron chi connectivity index (χ0n) is 12.1. The van der Waals surface area contributed by atoms with E-state index in [-0.39, 0.29) is 11.9 Å². The maximum atomic E-state index is 12.9. The van der Waals surface area contributed by atoms with Crippen LogP contribution in [0, 0.1) is 17.7 Å². The summed E-state index contributed by atoms with van der Waals surface area (Å²) in [5.74, 6) is 0.956. The molecule has 4 heteroatoms.